The second-order valence-corrected chi connectivity index (χ2v) is 4.45. The minimum atomic E-state index is 0.204. The molecule has 14 heavy (non-hydrogen) atoms. The lowest BCUT2D eigenvalue weighted by Crippen LogP contribution is -2.25. The molecule has 0 amide bonds. The van der Waals surface area contributed by atoms with E-state index in [4.69, 9.17) is 5.73 Å². The van der Waals surface area contributed by atoms with E-state index in [-0.39, 0.29) is 6.04 Å². The van der Waals surface area contributed by atoms with E-state index in [0.717, 1.165) is 6.42 Å². The van der Waals surface area contributed by atoms with Gasteiger partial charge in [0.15, 0.2) is 0 Å². The number of nitrogens with zero attached hydrogens (tertiary/aromatic N) is 2. The van der Waals surface area contributed by atoms with Crippen LogP contribution < -0.4 is 5.73 Å². The Balaban J connectivity index is 2.21. The highest BCUT2D eigenvalue weighted by Gasteiger charge is 2.23. The Morgan fingerprint density at radius 1 is 1.64 bits per heavy atom. The normalized spacial score (nSPS) is 19.4. The van der Waals surface area contributed by atoms with Crippen LogP contribution in [0.15, 0.2) is 6.20 Å². The van der Waals surface area contributed by atoms with Crippen LogP contribution in [0, 0.1) is 6.92 Å². The van der Waals surface area contributed by atoms with Gasteiger partial charge in [0, 0.05) is 30.4 Å². The van der Waals surface area contributed by atoms with E-state index in [1.54, 1.807) is 0 Å². The Labute approximate surface area is 85.3 Å². The van der Waals surface area contributed by atoms with Gasteiger partial charge >= 0.3 is 0 Å². The van der Waals surface area contributed by atoms with Gasteiger partial charge in [0.05, 0.1) is 0 Å². The second-order valence-electron chi connectivity index (χ2n) is 4.45. The van der Waals surface area contributed by atoms with E-state index >= 15 is 0 Å². The fourth-order valence-electron chi connectivity index (χ4n) is 2.08. The van der Waals surface area contributed by atoms with Crippen molar-refractivity contribution in [2.45, 2.75) is 51.6 Å². The van der Waals surface area contributed by atoms with Gasteiger partial charge in [0.25, 0.3) is 0 Å². The highest BCUT2D eigenvalue weighted by atomic mass is 15.1. The van der Waals surface area contributed by atoms with Crippen LogP contribution >= 0.6 is 0 Å². The molecule has 0 saturated heterocycles. The quantitative estimate of drug-likeness (QED) is 0.795. The summed E-state index contributed by atoms with van der Waals surface area (Å²) in [7, 11) is 0. The van der Waals surface area contributed by atoms with Crippen molar-refractivity contribution in [1.82, 2.24) is 9.55 Å². The van der Waals surface area contributed by atoms with Crippen LogP contribution in [0.5, 0.6) is 0 Å². The highest BCUT2D eigenvalue weighted by Crippen LogP contribution is 2.33. The summed E-state index contributed by atoms with van der Waals surface area (Å²) in [6, 6.07) is 0.905. The van der Waals surface area contributed by atoms with Crippen molar-refractivity contribution in [2.75, 3.05) is 0 Å². The number of hydrogen-bond donors (Lipinski definition) is 1. The van der Waals surface area contributed by atoms with Gasteiger partial charge in [-0.1, -0.05) is 0 Å². The maximum atomic E-state index is 5.81. The van der Waals surface area contributed by atoms with Crippen LogP contribution in [0.2, 0.25) is 0 Å². The highest BCUT2D eigenvalue weighted by molar-refractivity contribution is 5.08. The molecule has 3 heteroatoms. The summed E-state index contributed by atoms with van der Waals surface area (Å²) in [4.78, 5) is 4.44. The summed E-state index contributed by atoms with van der Waals surface area (Å²) in [6.45, 7) is 4.17. The van der Waals surface area contributed by atoms with E-state index in [1.165, 1.54) is 30.8 Å². The molecular formula is C11H19N3. The van der Waals surface area contributed by atoms with Gasteiger partial charge in [0.2, 0.25) is 0 Å². The Bertz CT molecular complexity index is 310. The topological polar surface area (TPSA) is 43.8 Å². The first-order valence-electron chi connectivity index (χ1n) is 5.46. The number of imidazole rings is 1. The zero-order chi connectivity index (χ0) is 10.1. The van der Waals surface area contributed by atoms with Gasteiger partial charge < -0.3 is 10.3 Å². The van der Waals surface area contributed by atoms with Crippen LogP contribution in [-0.2, 0) is 6.42 Å². The minimum Gasteiger partial charge on any atom is -0.329 e. The maximum Gasteiger partial charge on any atom is 0.110 e. The Morgan fingerprint density at radius 2 is 2.36 bits per heavy atom. The molecule has 1 unspecified atom stereocenters. The van der Waals surface area contributed by atoms with E-state index in [9.17, 15) is 0 Å². The van der Waals surface area contributed by atoms with Crippen molar-refractivity contribution < 1.29 is 0 Å². The lowest BCUT2D eigenvalue weighted by Gasteiger charge is -2.30. The summed E-state index contributed by atoms with van der Waals surface area (Å²) >= 11 is 0. The average molecular weight is 193 g/mol. The Morgan fingerprint density at radius 3 is 2.86 bits per heavy atom. The van der Waals surface area contributed by atoms with Crippen LogP contribution in [-0.4, -0.2) is 15.6 Å². The van der Waals surface area contributed by atoms with E-state index < -0.39 is 0 Å². The van der Waals surface area contributed by atoms with Crippen molar-refractivity contribution in [3.8, 4) is 0 Å². The molecule has 0 aromatic carbocycles. The smallest absolute Gasteiger partial charge is 0.110 e. The molecule has 2 rings (SSSR count). The third-order valence-electron chi connectivity index (χ3n) is 3.00. The largest absolute Gasteiger partial charge is 0.329 e. The van der Waals surface area contributed by atoms with E-state index in [2.05, 4.69) is 16.5 Å². The van der Waals surface area contributed by atoms with Crippen molar-refractivity contribution in [3.63, 3.8) is 0 Å². The maximum absolute atomic E-state index is 5.81. The fraction of sp³-hybridized carbons (Fsp3) is 0.727. The summed E-state index contributed by atoms with van der Waals surface area (Å²) in [6.07, 6.45) is 6.84. The molecule has 1 fully saturated rings. The molecule has 1 aromatic rings. The summed E-state index contributed by atoms with van der Waals surface area (Å²) in [5, 5.41) is 0. The zero-order valence-electron chi connectivity index (χ0n) is 9.03. The fourth-order valence-corrected chi connectivity index (χ4v) is 2.08. The number of aromatic nitrogens is 2. The molecule has 0 spiro atoms. The molecule has 2 N–H and O–H groups in total. The van der Waals surface area contributed by atoms with Crippen molar-refractivity contribution in [3.05, 3.63) is 17.7 Å². The van der Waals surface area contributed by atoms with E-state index in [1.807, 2.05) is 13.1 Å². The van der Waals surface area contributed by atoms with Crippen LogP contribution in [0.4, 0.5) is 0 Å². The van der Waals surface area contributed by atoms with Gasteiger partial charge in [-0.05, 0) is 33.1 Å². The third kappa shape index (κ3) is 1.69. The third-order valence-corrected chi connectivity index (χ3v) is 3.00. The van der Waals surface area contributed by atoms with Crippen LogP contribution in [0.1, 0.15) is 43.7 Å². The average Bonchev–Trinajstić information content (AvgIpc) is 2.32. The van der Waals surface area contributed by atoms with Crippen LogP contribution in [0.3, 0.4) is 0 Å². The number of hydrogen-bond acceptors (Lipinski definition) is 2. The molecular weight excluding hydrogens is 174 g/mol. The van der Waals surface area contributed by atoms with Crippen molar-refractivity contribution >= 4 is 0 Å². The lowest BCUT2D eigenvalue weighted by atomic mass is 9.92. The Hall–Kier alpha value is -0.830. The molecule has 1 saturated carbocycles. The standard InChI is InChI=1S/C11H19N3/c1-8(12)6-11-13-7-9(2)14(11)10-4-3-5-10/h7-8,10H,3-6,12H2,1-2H3. The van der Waals surface area contributed by atoms with Gasteiger partial charge in [-0.25, -0.2) is 4.98 Å². The first-order valence-corrected chi connectivity index (χ1v) is 5.46. The van der Waals surface area contributed by atoms with E-state index in [0.29, 0.717) is 6.04 Å². The molecule has 0 aliphatic heterocycles. The van der Waals surface area contributed by atoms with Crippen molar-refractivity contribution in [1.29, 1.82) is 0 Å². The molecule has 3 nitrogen and oxygen atoms in total. The van der Waals surface area contributed by atoms with Crippen molar-refractivity contribution in [2.24, 2.45) is 5.73 Å². The molecule has 1 aliphatic rings. The molecule has 78 valence electrons. The number of aryl methyl sites for hydroxylation is 1. The molecule has 1 heterocycles. The van der Waals surface area contributed by atoms with Gasteiger partial charge in [-0.15, -0.1) is 0 Å². The van der Waals surface area contributed by atoms with Gasteiger partial charge in [-0.2, -0.15) is 0 Å². The predicted octanol–water partition coefficient (Wildman–Crippen LogP) is 1.81. The molecule has 1 atom stereocenters. The van der Waals surface area contributed by atoms with Gasteiger partial charge in [-0.3, -0.25) is 0 Å². The van der Waals surface area contributed by atoms with Crippen LogP contribution in [0.25, 0.3) is 0 Å². The first-order chi connectivity index (χ1) is 6.68. The number of nitrogens with two attached hydrogens (primary N) is 1. The summed E-state index contributed by atoms with van der Waals surface area (Å²) in [5.74, 6) is 1.17. The second kappa shape index (κ2) is 3.73. The Kier molecular flexibility index (Phi) is 2.59. The monoisotopic (exact) mass is 193 g/mol. The molecule has 0 bridgehead atoms. The molecule has 1 aromatic heterocycles. The lowest BCUT2D eigenvalue weighted by molar-refractivity contribution is 0.301. The summed E-state index contributed by atoms with van der Waals surface area (Å²) < 4.78 is 2.38. The molecule has 0 radical (unpaired) electrons. The SMILES string of the molecule is Cc1cnc(CC(C)N)n1C1CCC1. The number of rotatable bonds is 3. The molecule has 1 aliphatic carbocycles. The zero-order valence-corrected chi connectivity index (χ0v) is 9.03. The minimum absolute atomic E-state index is 0.204. The summed E-state index contributed by atoms with van der Waals surface area (Å²) in [5.41, 5.74) is 7.09. The van der Waals surface area contributed by atoms with Gasteiger partial charge in [0.1, 0.15) is 5.82 Å². The predicted molar refractivity (Wildman–Crippen MR) is 57.2 cm³/mol. The first kappa shape index (κ1) is 9.71.